The number of anilines is 2. The van der Waals surface area contributed by atoms with E-state index in [1.807, 2.05) is 19.9 Å². The maximum atomic E-state index is 11.8. The van der Waals surface area contributed by atoms with Gasteiger partial charge in [-0.15, -0.1) is 0 Å². The minimum atomic E-state index is -0.346. The Kier molecular flexibility index (Phi) is 3.66. The van der Waals surface area contributed by atoms with Crippen molar-refractivity contribution < 1.29 is 9.90 Å². The van der Waals surface area contributed by atoms with Gasteiger partial charge in [0.05, 0.1) is 11.9 Å². The zero-order valence-electron chi connectivity index (χ0n) is 10.8. The molecule has 1 heterocycles. The maximum Gasteiger partial charge on any atom is 0.323 e. The van der Waals surface area contributed by atoms with E-state index in [0.29, 0.717) is 11.4 Å². The molecule has 0 atom stereocenters. The minimum absolute atomic E-state index is 0.173. The molecule has 0 aliphatic rings. The topological polar surface area (TPSA) is 74.2 Å². The van der Waals surface area contributed by atoms with Crippen LogP contribution in [0.1, 0.15) is 11.1 Å². The van der Waals surface area contributed by atoms with Gasteiger partial charge in [0, 0.05) is 11.9 Å². The SMILES string of the molecule is Cc1cncc(NC(=O)Nc2ccc(O)cc2C)c1. The van der Waals surface area contributed by atoms with E-state index in [-0.39, 0.29) is 11.8 Å². The van der Waals surface area contributed by atoms with E-state index in [2.05, 4.69) is 15.6 Å². The zero-order valence-corrected chi connectivity index (χ0v) is 10.8. The van der Waals surface area contributed by atoms with Gasteiger partial charge in [0.15, 0.2) is 0 Å². The number of aromatic hydroxyl groups is 1. The Labute approximate surface area is 111 Å². The summed E-state index contributed by atoms with van der Waals surface area (Å²) in [7, 11) is 0. The molecule has 0 fully saturated rings. The molecule has 0 bridgehead atoms. The molecule has 98 valence electrons. The van der Waals surface area contributed by atoms with Gasteiger partial charge in [-0.2, -0.15) is 0 Å². The average Bonchev–Trinajstić information content (AvgIpc) is 2.33. The van der Waals surface area contributed by atoms with Gasteiger partial charge in [0.1, 0.15) is 5.75 Å². The molecule has 0 saturated carbocycles. The minimum Gasteiger partial charge on any atom is -0.508 e. The highest BCUT2D eigenvalue weighted by Gasteiger charge is 2.05. The molecule has 19 heavy (non-hydrogen) atoms. The number of nitrogens with zero attached hydrogens (tertiary/aromatic N) is 1. The van der Waals surface area contributed by atoms with Gasteiger partial charge in [0.2, 0.25) is 0 Å². The van der Waals surface area contributed by atoms with Crippen molar-refractivity contribution in [2.75, 3.05) is 10.6 Å². The van der Waals surface area contributed by atoms with Gasteiger partial charge in [-0.25, -0.2) is 4.79 Å². The molecule has 0 aliphatic heterocycles. The lowest BCUT2D eigenvalue weighted by Gasteiger charge is -2.10. The van der Waals surface area contributed by atoms with E-state index in [1.165, 1.54) is 6.07 Å². The lowest BCUT2D eigenvalue weighted by molar-refractivity contribution is 0.262. The van der Waals surface area contributed by atoms with Crippen LogP contribution in [0, 0.1) is 13.8 Å². The summed E-state index contributed by atoms with van der Waals surface area (Å²) in [6, 6.07) is 6.25. The van der Waals surface area contributed by atoms with E-state index in [1.54, 1.807) is 24.5 Å². The summed E-state index contributed by atoms with van der Waals surface area (Å²) >= 11 is 0. The van der Waals surface area contributed by atoms with E-state index < -0.39 is 0 Å². The number of hydrogen-bond donors (Lipinski definition) is 3. The van der Waals surface area contributed by atoms with Gasteiger partial charge in [-0.1, -0.05) is 0 Å². The highest BCUT2D eigenvalue weighted by Crippen LogP contribution is 2.20. The van der Waals surface area contributed by atoms with Crippen molar-refractivity contribution in [3.05, 3.63) is 47.8 Å². The standard InChI is InChI=1S/C14H15N3O2/c1-9-5-11(8-15-7-9)16-14(19)17-13-4-3-12(18)6-10(13)2/h3-8,18H,1-2H3,(H2,16,17,19). The van der Waals surface area contributed by atoms with Crippen LogP contribution >= 0.6 is 0 Å². The number of pyridine rings is 1. The third kappa shape index (κ3) is 3.45. The largest absolute Gasteiger partial charge is 0.508 e. The van der Waals surface area contributed by atoms with Crippen molar-refractivity contribution in [3.8, 4) is 5.75 Å². The van der Waals surface area contributed by atoms with Crippen molar-refractivity contribution in [2.45, 2.75) is 13.8 Å². The van der Waals surface area contributed by atoms with E-state index in [9.17, 15) is 9.90 Å². The fourth-order valence-electron chi connectivity index (χ4n) is 1.70. The second-order valence-corrected chi connectivity index (χ2v) is 4.33. The summed E-state index contributed by atoms with van der Waals surface area (Å²) in [5, 5.41) is 14.7. The number of nitrogens with one attached hydrogen (secondary N) is 2. The van der Waals surface area contributed by atoms with Crippen LogP contribution in [-0.4, -0.2) is 16.1 Å². The number of benzene rings is 1. The Morgan fingerprint density at radius 1 is 1.16 bits per heavy atom. The Balaban J connectivity index is 2.05. The summed E-state index contributed by atoms with van der Waals surface area (Å²) in [6.45, 7) is 3.71. The van der Waals surface area contributed by atoms with Crippen molar-refractivity contribution in [1.29, 1.82) is 0 Å². The van der Waals surface area contributed by atoms with Gasteiger partial charge in [-0.05, 0) is 49.2 Å². The second kappa shape index (κ2) is 5.39. The molecule has 5 nitrogen and oxygen atoms in total. The first-order valence-corrected chi connectivity index (χ1v) is 5.84. The van der Waals surface area contributed by atoms with Crippen LogP contribution < -0.4 is 10.6 Å². The molecule has 0 unspecified atom stereocenters. The predicted octanol–water partition coefficient (Wildman–Crippen LogP) is 3.05. The Morgan fingerprint density at radius 3 is 2.63 bits per heavy atom. The second-order valence-electron chi connectivity index (χ2n) is 4.33. The highest BCUT2D eigenvalue weighted by molar-refractivity contribution is 6.00. The molecule has 2 aromatic rings. The smallest absolute Gasteiger partial charge is 0.323 e. The van der Waals surface area contributed by atoms with Gasteiger partial charge < -0.3 is 15.7 Å². The van der Waals surface area contributed by atoms with Crippen molar-refractivity contribution in [3.63, 3.8) is 0 Å². The van der Waals surface area contributed by atoms with Crippen LogP contribution in [-0.2, 0) is 0 Å². The number of carbonyl (C=O) groups excluding carboxylic acids is 1. The third-order valence-corrected chi connectivity index (χ3v) is 2.59. The molecule has 1 aromatic carbocycles. The van der Waals surface area contributed by atoms with E-state index in [0.717, 1.165) is 11.1 Å². The third-order valence-electron chi connectivity index (χ3n) is 2.59. The van der Waals surface area contributed by atoms with Crippen LogP contribution in [0.15, 0.2) is 36.7 Å². The summed E-state index contributed by atoms with van der Waals surface area (Å²) in [5.41, 5.74) is 3.04. The van der Waals surface area contributed by atoms with Crippen LogP contribution in [0.3, 0.4) is 0 Å². The predicted molar refractivity (Wildman–Crippen MR) is 74.5 cm³/mol. The van der Waals surface area contributed by atoms with Crippen LogP contribution in [0.25, 0.3) is 0 Å². The molecule has 3 N–H and O–H groups in total. The van der Waals surface area contributed by atoms with Gasteiger partial charge >= 0.3 is 6.03 Å². The Morgan fingerprint density at radius 2 is 1.95 bits per heavy atom. The molecule has 0 aliphatic carbocycles. The molecule has 2 amide bonds. The summed E-state index contributed by atoms with van der Waals surface area (Å²) in [5.74, 6) is 0.173. The number of aryl methyl sites for hydroxylation is 2. The monoisotopic (exact) mass is 257 g/mol. The van der Waals surface area contributed by atoms with E-state index >= 15 is 0 Å². The molecule has 0 spiro atoms. The van der Waals surface area contributed by atoms with Crippen LogP contribution in [0.4, 0.5) is 16.2 Å². The molecule has 0 radical (unpaired) electrons. The number of amides is 2. The number of aromatic nitrogens is 1. The van der Waals surface area contributed by atoms with Crippen molar-refractivity contribution in [2.24, 2.45) is 0 Å². The number of phenols is 1. The fraction of sp³-hybridized carbons (Fsp3) is 0.143. The average molecular weight is 257 g/mol. The quantitative estimate of drug-likeness (QED) is 0.724. The van der Waals surface area contributed by atoms with Crippen molar-refractivity contribution in [1.82, 2.24) is 4.98 Å². The number of phenolic OH excluding ortho intramolecular Hbond substituents is 1. The Bertz CT molecular complexity index is 611. The van der Waals surface area contributed by atoms with E-state index in [4.69, 9.17) is 0 Å². The first-order valence-electron chi connectivity index (χ1n) is 5.84. The fourth-order valence-corrected chi connectivity index (χ4v) is 1.70. The van der Waals surface area contributed by atoms with Crippen molar-refractivity contribution >= 4 is 17.4 Å². The number of rotatable bonds is 2. The number of urea groups is 1. The highest BCUT2D eigenvalue weighted by atomic mass is 16.3. The molecular formula is C14H15N3O2. The maximum absolute atomic E-state index is 11.8. The molecular weight excluding hydrogens is 242 g/mol. The Hall–Kier alpha value is -2.56. The van der Waals surface area contributed by atoms with Crippen LogP contribution in [0.5, 0.6) is 5.75 Å². The normalized spacial score (nSPS) is 10.0. The summed E-state index contributed by atoms with van der Waals surface area (Å²) in [6.07, 6.45) is 3.30. The number of carbonyl (C=O) groups is 1. The zero-order chi connectivity index (χ0) is 13.8. The summed E-state index contributed by atoms with van der Waals surface area (Å²) in [4.78, 5) is 15.8. The molecule has 1 aromatic heterocycles. The molecule has 0 saturated heterocycles. The first kappa shape index (κ1) is 12.9. The van der Waals surface area contributed by atoms with Gasteiger partial charge in [0.25, 0.3) is 0 Å². The van der Waals surface area contributed by atoms with Crippen LogP contribution in [0.2, 0.25) is 0 Å². The van der Waals surface area contributed by atoms with Gasteiger partial charge in [-0.3, -0.25) is 4.98 Å². The number of hydrogen-bond acceptors (Lipinski definition) is 3. The molecule has 2 rings (SSSR count). The lowest BCUT2D eigenvalue weighted by atomic mass is 10.2. The molecule has 5 heteroatoms. The summed E-state index contributed by atoms with van der Waals surface area (Å²) < 4.78 is 0. The first-order chi connectivity index (χ1) is 9.04. The lowest BCUT2D eigenvalue weighted by Crippen LogP contribution is -2.20.